The zero-order valence-corrected chi connectivity index (χ0v) is 24.6. The Kier molecular flexibility index (Phi) is 11.3. The number of hydrogen-bond acceptors (Lipinski definition) is 6. The zero-order valence-electron chi connectivity index (χ0n) is 23.8. The van der Waals surface area contributed by atoms with E-state index in [0.29, 0.717) is 26.1 Å². The molecule has 4 N–H and O–H groups in total. The zero-order chi connectivity index (χ0) is 29.4. The van der Waals surface area contributed by atoms with Gasteiger partial charge in [-0.05, 0) is 60.9 Å². The molecule has 1 heterocycles. The minimum absolute atomic E-state index is 0.0736. The molecule has 0 aromatic heterocycles. The van der Waals surface area contributed by atoms with Crippen LogP contribution in [-0.2, 0) is 21.4 Å². The Morgan fingerprint density at radius 2 is 1.50 bits per heavy atom. The molecule has 40 heavy (non-hydrogen) atoms. The summed E-state index contributed by atoms with van der Waals surface area (Å²) >= 11 is 0. The normalized spacial score (nSPS) is 17.4. The van der Waals surface area contributed by atoms with Gasteiger partial charge in [0.05, 0.1) is 23.0 Å². The van der Waals surface area contributed by atoms with Crippen molar-refractivity contribution in [2.75, 3.05) is 13.1 Å². The van der Waals surface area contributed by atoms with Gasteiger partial charge in [-0.15, -0.1) is 0 Å². The first-order valence-electron chi connectivity index (χ1n) is 14.0. The van der Waals surface area contributed by atoms with E-state index in [0.717, 1.165) is 18.4 Å². The van der Waals surface area contributed by atoms with E-state index in [9.17, 15) is 28.2 Å². The van der Waals surface area contributed by atoms with E-state index >= 15 is 0 Å². The molecule has 2 aromatic rings. The molecule has 3 rings (SSSR count). The number of aliphatic hydroxyl groups is 2. The molecule has 220 valence electrons. The molecule has 0 radical (unpaired) electrons. The molecule has 1 aliphatic heterocycles. The molecule has 0 saturated carbocycles. The Balaban J connectivity index is 1.71. The average molecular weight is 574 g/mol. The minimum atomic E-state index is -3.60. The fourth-order valence-corrected chi connectivity index (χ4v) is 6.62. The van der Waals surface area contributed by atoms with Crippen LogP contribution in [-0.4, -0.2) is 66.1 Å². The lowest BCUT2D eigenvalue weighted by Crippen LogP contribution is -2.54. The van der Waals surface area contributed by atoms with Crippen LogP contribution in [0.2, 0.25) is 0 Å². The molecule has 1 saturated heterocycles. The van der Waals surface area contributed by atoms with Gasteiger partial charge in [0.25, 0.3) is 5.91 Å². The van der Waals surface area contributed by atoms with Crippen molar-refractivity contribution in [2.45, 2.75) is 76.6 Å². The summed E-state index contributed by atoms with van der Waals surface area (Å²) in [5.74, 6) is -1.99. The summed E-state index contributed by atoms with van der Waals surface area (Å²) in [6, 6.07) is 14.3. The first-order valence-corrected chi connectivity index (χ1v) is 15.4. The molecular weight excluding hydrogens is 530 g/mol. The van der Waals surface area contributed by atoms with Crippen molar-refractivity contribution in [3.8, 4) is 0 Å². The van der Waals surface area contributed by atoms with Crippen LogP contribution in [0.15, 0.2) is 59.5 Å². The molecule has 10 heteroatoms. The second-order valence-corrected chi connectivity index (χ2v) is 13.2. The molecule has 0 unspecified atom stereocenters. The van der Waals surface area contributed by atoms with Crippen LogP contribution in [0.5, 0.6) is 0 Å². The number of rotatable bonds is 13. The first kappa shape index (κ1) is 31.7. The van der Waals surface area contributed by atoms with E-state index in [-0.39, 0.29) is 28.2 Å². The number of carbonyl (C=O) groups is 2. The maximum Gasteiger partial charge on any atom is 0.251 e. The minimum Gasteiger partial charge on any atom is -0.390 e. The van der Waals surface area contributed by atoms with Crippen LogP contribution < -0.4 is 10.6 Å². The van der Waals surface area contributed by atoms with Gasteiger partial charge in [0.2, 0.25) is 15.9 Å². The number of nitrogens with zero attached hydrogens (tertiary/aromatic N) is 1. The number of carbonyl (C=O) groups excluding carboxylic acids is 2. The Morgan fingerprint density at radius 1 is 0.900 bits per heavy atom. The van der Waals surface area contributed by atoms with E-state index in [1.54, 1.807) is 13.8 Å². The third kappa shape index (κ3) is 8.13. The number of aliphatic hydroxyl groups excluding tert-OH is 2. The Morgan fingerprint density at radius 3 is 2.05 bits per heavy atom. The van der Waals surface area contributed by atoms with Crippen molar-refractivity contribution in [3.05, 3.63) is 65.7 Å². The Bertz CT molecular complexity index is 1210. The number of hydrogen-bond donors (Lipinski definition) is 4. The van der Waals surface area contributed by atoms with Crippen LogP contribution in [0.1, 0.15) is 62.9 Å². The van der Waals surface area contributed by atoms with Crippen molar-refractivity contribution < 1.29 is 28.2 Å². The standard InChI is InChI=1S/C30H43N3O6S/c1-20(2)18-25(27(34)28(35)26(21(3)4)30(37)31-19-22-10-6-5-7-11-22)32-29(36)23-12-14-24(15-13-23)40(38,39)33-16-8-9-17-33/h5-7,10-15,20-21,25-28,34-35H,8-9,16-19H2,1-4H3,(H,31,37)(H,32,36)/t25-,26+,27+,28+/m0/s1. The monoisotopic (exact) mass is 573 g/mol. The molecular formula is C30H43N3O6S. The van der Waals surface area contributed by atoms with Gasteiger partial charge in [-0.2, -0.15) is 4.31 Å². The summed E-state index contributed by atoms with van der Waals surface area (Å²) in [5, 5.41) is 28.1. The van der Waals surface area contributed by atoms with Crippen LogP contribution in [0, 0.1) is 17.8 Å². The van der Waals surface area contributed by atoms with Crippen LogP contribution in [0.4, 0.5) is 0 Å². The number of sulfonamides is 1. The number of nitrogens with one attached hydrogen (secondary N) is 2. The second-order valence-electron chi connectivity index (χ2n) is 11.3. The summed E-state index contributed by atoms with van der Waals surface area (Å²) in [5.41, 5.74) is 1.15. The third-order valence-corrected chi connectivity index (χ3v) is 9.23. The topological polar surface area (TPSA) is 136 Å². The Hall–Kier alpha value is -2.79. The summed E-state index contributed by atoms with van der Waals surface area (Å²) < 4.78 is 27.1. The summed E-state index contributed by atoms with van der Waals surface area (Å²) in [6.45, 7) is 8.74. The molecule has 9 nitrogen and oxygen atoms in total. The quantitative estimate of drug-likeness (QED) is 0.291. The van der Waals surface area contributed by atoms with Crippen molar-refractivity contribution in [1.82, 2.24) is 14.9 Å². The van der Waals surface area contributed by atoms with Crippen LogP contribution in [0.25, 0.3) is 0 Å². The lowest BCUT2D eigenvalue weighted by molar-refractivity contribution is -0.136. The van der Waals surface area contributed by atoms with E-state index in [4.69, 9.17) is 0 Å². The highest BCUT2D eigenvalue weighted by Gasteiger charge is 2.38. The highest BCUT2D eigenvalue weighted by Crippen LogP contribution is 2.24. The molecule has 0 aliphatic carbocycles. The van der Waals surface area contributed by atoms with Gasteiger partial charge in [-0.3, -0.25) is 9.59 Å². The molecule has 0 bridgehead atoms. The predicted octanol–water partition coefficient (Wildman–Crippen LogP) is 2.93. The summed E-state index contributed by atoms with van der Waals surface area (Å²) in [6.07, 6.45) is -0.805. The molecule has 1 aliphatic rings. The highest BCUT2D eigenvalue weighted by atomic mass is 32.2. The lowest BCUT2D eigenvalue weighted by Gasteiger charge is -2.34. The van der Waals surface area contributed by atoms with Gasteiger partial charge < -0.3 is 20.8 Å². The van der Waals surface area contributed by atoms with Crippen molar-refractivity contribution in [1.29, 1.82) is 0 Å². The highest BCUT2D eigenvalue weighted by molar-refractivity contribution is 7.89. The fourth-order valence-electron chi connectivity index (χ4n) is 5.10. The van der Waals surface area contributed by atoms with Crippen molar-refractivity contribution in [2.24, 2.45) is 17.8 Å². The maximum atomic E-state index is 13.1. The molecule has 2 amide bonds. The maximum absolute atomic E-state index is 13.1. The first-order chi connectivity index (χ1) is 18.9. The Labute approximate surface area is 238 Å². The van der Waals surface area contributed by atoms with E-state index < -0.39 is 40.1 Å². The van der Waals surface area contributed by atoms with Gasteiger partial charge in [-0.25, -0.2) is 8.42 Å². The summed E-state index contributed by atoms with van der Waals surface area (Å²) in [7, 11) is -3.60. The number of amides is 2. The largest absolute Gasteiger partial charge is 0.390 e. The van der Waals surface area contributed by atoms with Gasteiger partial charge in [0.1, 0.15) is 6.10 Å². The molecule has 2 aromatic carbocycles. The average Bonchev–Trinajstić information content (AvgIpc) is 3.47. The predicted molar refractivity (Wildman–Crippen MR) is 154 cm³/mol. The van der Waals surface area contributed by atoms with Gasteiger partial charge in [-0.1, -0.05) is 58.0 Å². The van der Waals surface area contributed by atoms with E-state index in [1.165, 1.54) is 28.6 Å². The van der Waals surface area contributed by atoms with E-state index in [1.807, 2.05) is 44.2 Å². The van der Waals surface area contributed by atoms with Gasteiger partial charge in [0.15, 0.2) is 0 Å². The summed E-state index contributed by atoms with van der Waals surface area (Å²) in [4.78, 5) is 26.3. The van der Waals surface area contributed by atoms with E-state index in [2.05, 4.69) is 10.6 Å². The molecule has 0 spiro atoms. The van der Waals surface area contributed by atoms with Crippen molar-refractivity contribution >= 4 is 21.8 Å². The smallest absolute Gasteiger partial charge is 0.251 e. The lowest BCUT2D eigenvalue weighted by atomic mass is 9.83. The fraction of sp³-hybridized carbons (Fsp3) is 0.533. The number of benzene rings is 2. The van der Waals surface area contributed by atoms with Crippen LogP contribution in [0.3, 0.4) is 0 Å². The SMILES string of the molecule is CC(C)C[C@H](NC(=O)c1ccc(S(=O)(=O)N2CCCC2)cc1)[C@@H](O)[C@H](O)[C@H](C(=O)NCc1ccccc1)C(C)C. The third-order valence-electron chi connectivity index (χ3n) is 7.32. The van der Waals surface area contributed by atoms with Crippen molar-refractivity contribution in [3.63, 3.8) is 0 Å². The molecule has 1 fully saturated rings. The van der Waals surface area contributed by atoms with Gasteiger partial charge >= 0.3 is 0 Å². The molecule has 4 atom stereocenters. The second kappa shape index (κ2) is 14.2. The van der Waals surface area contributed by atoms with Gasteiger partial charge in [0, 0.05) is 25.2 Å². The van der Waals surface area contributed by atoms with Crippen LogP contribution >= 0.6 is 0 Å².